The molecule has 2 aromatic carbocycles. The summed E-state index contributed by atoms with van der Waals surface area (Å²) in [4.78, 5) is 23.8. The Bertz CT molecular complexity index is 700. The topological polar surface area (TPSA) is 64.6 Å². The predicted octanol–water partition coefficient (Wildman–Crippen LogP) is 4.03. The van der Waals surface area contributed by atoms with Crippen LogP contribution in [0.5, 0.6) is 5.75 Å². The Hall–Kier alpha value is -2.34. The van der Waals surface area contributed by atoms with Gasteiger partial charge in [0.25, 0.3) is 5.91 Å². The lowest BCUT2D eigenvalue weighted by molar-refractivity contribution is -0.118. The van der Waals surface area contributed by atoms with Crippen molar-refractivity contribution in [3.63, 3.8) is 0 Å². The van der Waals surface area contributed by atoms with E-state index in [-0.39, 0.29) is 12.5 Å². The summed E-state index contributed by atoms with van der Waals surface area (Å²) in [7, 11) is 0. The van der Waals surface area contributed by atoms with Gasteiger partial charge in [0, 0.05) is 10.2 Å². The van der Waals surface area contributed by atoms with Crippen molar-refractivity contribution in [2.75, 3.05) is 18.5 Å². The van der Waals surface area contributed by atoms with Crippen molar-refractivity contribution in [2.24, 2.45) is 0 Å². The van der Waals surface area contributed by atoms with Crippen LogP contribution in [0.4, 0.5) is 5.69 Å². The summed E-state index contributed by atoms with van der Waals surface area (Å²) in [5.74, 6) is -0.110. The number of benzene rings is 2. The number of esters is 1. The number of anilines is 1. The molecule has 126 valence electrons. The van der Waals surface area contributed by atoms with Crippen molar-refractivity contribution in [3.05, 3.63) is 58.6 Å². The highest BCUT2D eigenvalue weighted by molar-refractivity contribution is 9.10. The number of halogens is 1. The minimum absolute atomic E-state index is 0.119. The smallest absolute Gasteiger partial charge is 0.338 e. The minimum atomic E-state index is -0.404. The maximum absolute atomic E-state index is 11.9. The van der Waals surface area contributed by atoms with Crippen molar-refractivity contribution in [1.29, 1.82) is 0 Å². The highest BCUT2D eigenvalue weighted by atomic mass is 79.9. The van der Waals surface area contributed by atoms with Gasteiger partial charge in [-0.15, -0.1) is 0 Å². The average Bonchev–Trinajstić information content (AvgIpc) is 2.59. The van der Waals surface area contributed by atoms with Crippen LogP contribution >= 0.6 is 15.9 Å². The van der Waals surface area contributed by atoms with Crippen molar-refractivity contribution in [2.45, 2.75) is 13.3 Å². The molecule has 0 aliphatic heterocycles. The summed E-state index contributed by atoms with van der Waals surface area (Å²) in [6.07, 6.45) is 0.759. The third-order valence-electron chi connectivity index (χ3n) is 3.00. The van der Waals surface area contributed by atoms with Gasteiger partial charge in [-0.3, -0.25) is 4.79 Å². The molecule has 0 saturated carbocycles. The van der Waals surface area contributed by atoms with Crippen LogP contribution in [0.25, 0.3) is 0 Å². The number of nitrogens with one attached hydrogen (secondary N) is 1. The zero-order valence-electron chi connectivity index (χ0n) is 13.3. The van der Waals surface area contributed by atoms with Crippen LogP contribution in [-0.4, -0.2) is 25.1 Å². The first kappa shape index (κ1) is 18.0. The zero-order chi connectivity index (χ0) is 17.4. The van der Waals surface area contributed by atoms with Crippen LogP contribution in [0.15, 0.2) is 53.0 Å². The first-order chi connectivity index (χ1) is 11.6. The number of ether oxygens (including phenoxy) is 2. The second kappa shape index (κ2) is 9.08. The molecule has 0 unspecified atom stereocenters. The molecule has 24 heavy (non-hydrogen) atoms. The Labute approximate surface area is 149 Å². The Balaban J connectivity index is 1.89. The third kappa shape index (κ3) is 5.70. The number of hydrogen-bond acceptors (Lipinski definition) is 4. The highest BCUT2D eigenvalue weighted by Gasteiger charge is 2.09. The first-order valence-electron chi connectivity index (χ1n) is 7.54. The van der Waals surface area contributed by atoms with Crippen LogP contribution in [0.2, 0.25) is 0 Å². The molecule has 5 nitrogen and oxygen atoms in total. The third-order valence-corrected chi connectivity index (χ3v) is 3.53. The van der Waals surface area contributed by atoms with E-state index in [1.54, 1.807) is 36.4 Å². The lowest BCUT2D eigenvalue weighted by atomic mass is 10.2. The summed E-state index contributed by atoms with van der Waals surface area (Å²) < 4.78 is 11.4. The van der Waals surface area contributed by atoms with E-state index >= 15 is 0 Å². The second-order valence-corrected chi connectivity index (χ2v) is 5.92. The quantitative estimate of drug-likeness (QED) is 0.723. The summed E-state index contributed by atoms with van der Waals surface area (Å²) in [5.41, 5.74) is 0.917. The van der Waals surface area contributed by atoms with Crippen LogP contribution in [0, 0.1) is 0 Å². The van der Waals surface area contributed by atoms with E-state index in [0.29, 0.717) is 23.6 Å². The van der Waals surface area contributed by atoms with E-state index < -0.39 is 5.97 Å². The van der Waals surface area contributed by atoms with E-state index in [2.05, 4.69) is 21.2 Å². The number of hydrogen-bond donors (Lipinski definition) is 1. The van der Waals surface area contributed by atoms with Crippen molar-refractivity contribution in [1.82, 2.24) is 0 Å². The fourth-order valence-electron chi connectivity index (χ4n) is 1.88. The molecule has 6 heteroatoms. The molecule has 0 aliphatic carbocycles. The Morgan fingerprint density at radius 3 is 2.58 bits per heavy atom. The number of rotatable bonds is 7. The van der Waals surface area contributed by atoms with Crippen LogP contribution in [0.1, 0.15) is 23.7 Å². The molecular formula is C18H18BrNO4. The summed E-state index contributed by atoms with van der Waals surface area (Å²) in [5, 5.41) is 2.69. The molecule has 0 saturated heterocycles. The van der Waals surface area contributed by atoms with E-state index in [0.717, 1.165) is 10.9 Å². The van der Waals surface area contributed by atoms with Gasteiger partial charge in [0.05, 0.1) is 12.2 Å². The van der Waals surface area contributed by atoms with Gasteiger partial charge in [-0.25, -0.2) is 4.79 Å². The standard InChI is InChI=1S/C18H18BrNO4/c1-2-10-23-18(22)13-4-3-5-15(11-13)20-17(21)12-24-16-8-6-14(19)7-9-16/h3-9,11H,2,10,12H2,1H3,(H,20,21). The Morgan fingerprint density at radius 2 is 1.88 bits per heavy atom. The lowest BCUT2D eigenvalue weighted by Gasteiger charge is -2.09. The number of carbonyl (C=O) groups excluding carboxylic acids is 2. The summed E-state index contributed by atoms with van der Waals surface area (Å²) >= 11 is 3.33. The lowest BCUT2D eigenvalue weighted by Crippen LogP contribution is -2.20. The maximum Gasteiger partial charge on any atom is 0.338 e. The van der Waals surface area contributed by atoms with Crippen molar-refractivity contribution < 1.29 is 19.1 Å². The largest absolute Gasteiger partial charge is 0.484 e. The van der Waals surface area contributed by atoms with Crippen molar-refractivity contribution in [3.8, 4) is 5.75 Å². The molecule has 0 radical (unpaired) electrons. The molecule has 0 spiro atoms. The molecule has 2 aromatic rings. The fourth-order valence-corrected chi connectivity index (χ4v) is 2.14. The molecule has 1 N–H and O–H groups in total. The highest BCUT2D eigenvalue weighted by Crippen LogP contribution is 2.16. The average molecular weight is 392 g/mol. The van der Waals surface area contributed by atoms with E-state index in [1.165, 1.54) is 0 Å². The summed E-state index contributed by atoms with van der Waals surface area (Å²) in [6, 6.07) is 13.8. The molecule has 0 bridgehead atoms. The normalized spacial score (nSPS) is 10.1. The SMILES string of the molecule is CCCOC(=O)c1cccc(NC(=O)COc2ccc(Br)cc2)c1. The molecule has 0 atom stereocenters. The fraction of sp³-hybridized carbons (Fsp3) is 0.222. The van der Waals surface area contributed by atoms with Gasteiger partial charge in [0.15, 0.2) is 6.61 Å². The van der Waals surface area contributed by atoms with E-state index in [9.17, 15) is 9.59 Å². The zero-order valence-corrected chi connectivity index (χ0v) is 14.8. The molecule has 0 fully saturated rings. The molecule has 0 aromatic heterocycles. The molecule has 0 aliphatic rings. The minimum Gasteiger partial charge on any atom is -0.484 e. The molecule has 2 rings (SSSR count). The Morgan fingerprint density at radius 1 is 1.12 bits per heavy atom. The van der Waals surface area contributed by atoms with Crippen LogP contribution in [-0.2, 0) is 9.53 Å². The van der Waals surface area contributed by atoms with Gasteiger partial charge in [0.2, 0.25) is 0 Å². The number of amides is 1. The van der Waals surface area contributed by atoms with Gasteiger partial charge in [-0.1, -0.05) is 28.9 Å². The van der Waals surface area contributed by atoms with E-state index in [4.69, 9.17) is 9.47 Å². The Kier molecular flexibility index (Phi) is 6.81. The van der Waals surface area contributed by atoms with Gasteiger partial charge < -0.3 is 14.8 Å². The predicted molar refractivity (Wildman–Crippen MR) is 95.3 cm³/mol. The molecule has 0 heterocycles. The molecule has 1 amide bonds. The van der Waals surface area contributed by atoms with Crippen molar-refractivity contribution >= 4 is 33.5 Å². The second-order valence-electron chi connectivity index (χ2n) is 5.01. The maximum atomic E-state index is 11.9. The monoisotopic (exact) mass is 391 g/mol. The first-order valence-corrected chi connectivity index (χ1v) is 8.33. The molecular weight excluding hydrogens is 374 g/mol. The van der Waals surface area contributed by atoms with Crippen LogP contribution in [0.3, 0.4) is 0 Å². The van der Waals surface area contributed by atoms with Crippen LogP contribution < -0.4 is 10.1 Å². The van der Waals surface area contributed by atoms with Gasteiger partial charge >= 0.3 is 5.97 Å². The van der Waals surface area contributed by atoms with Gasteiger partial charge in [-0.05, 0) is 48.9 Å². The van der Waals surface area contributed by atoms with E-state index in [1.807, 2.05) is 19.1 Å². The van der Waals surface area contributed by atoms with Gasteiger partial charge in [0.1, 0.15) is 5.75 Å². The van der Waals surface area contributed by atoms with Gasteiger partial charge in [-0.2, -0.15) is 0 Å². The number of carbonyl (C=O) groups is 2. The summed E-state index contributed by atoms with van der Waals surface area (Å²) in [6.45, 7) is 2.18.